The molecule has 0 amide bonds. The van der Waals surface area contributed by atoms with Crippen molar-refractivity contribution in [2.45, 2.75) is 23.0 Å². The Labute approximate surface area is 203 Å². The molecule has 0 atom stereocenters. The molecular formula is C25H24ClN5O2S. The number of H-pyrrole nitrogens is 1. The van der Waals surface area contributed by atoms with Crippen LogP contribution in [0.15, 0.2) is 66.0 Å². The number of halogens is 1. The highest BCUT2D eigenvalue weighted by atomic mass is 35.5. The second-order valence-electron chi connectivity index (χ2n) is 8.22. The molecule has 4 aromatic rings. The van der Waals surface area contributed by atoms with Gasteiger partial charge in [-0.05, 0) is 67.9 Å². The van der Waals surface area contributed by atoms with Crippen molar-refractivity contribution in [1.82, 2.24) is 20.3 Å². The summed E-state index contributed by atoms with van der Waals surface area (Å²) < 4.78 is 25.7. The zero-order valence-corrected chi connectivity index (χ0v) is 19.9. The van der Waals surface area contributed by atoms with Crippen LogP contribution in [0.4, 0.5) is 11.6 Å². The molecule has 2 aromatic heterocycles. The van der Waals surface area contributed by atoms with Crippen molar-refractivity contribution in [3.8, 4) is 0 Å². The normalized spacial score (nSPS) is 15.2. The number of nitrogens with zero attached hydrogens (tertiary/aromatic N) is 2. The summed E-state index contributed by atoms with van der Waals surface area (Å²) in [4.78, 5) is 12.2. The number of aromatic amines is 1. The van der Waals surface area contributed by atoms with Crippen LogP contribution < -0.4 is 10.6 Å². The van der Waals surface area contributed by atoms with Crippen molar-refractivity contribution in [3.63, 3.8) is 0 Å². The highest BCUT2D eigenvalue weighted by Gasteiger charge is 2.28. The monoisotopic (exact) mass is 493 g/mol. The molecule has 7 nitrogen and oxygen atoms in total. The number of fused-ring (bicyclic) bond motifs is 1. The van der Waals surface area contributed by atoms with Crippen LogP contribution in [-0.2, 0) is 9.84 Å². The van der Waals surface area contributed by atoms with Gasteiger partial charge in [0.15, 0.2) is 9.84 Å². The summed E-state index contributed by atoms with van der Waals surface area (Å²) in [5, 5.41) is 7.74. The van der Waals surface area contributed by atoms with E-state index in [1.54, 1.807) is 36.7 Å². The van der Waals surface area contributed by atoms with Gasteiger partial charge in [0.05, 0.1) is 20.7 Å². The van der Waals surface area contributed by atoms with Gasteiger partial charge >= 0.3 is 0 Å². The van der Waals surface area contributed by atoms with Crippen LogP contribution in [0.5, 0.6) is 0 Å². The number of benzene rings is 2. The van der Waals surface area contributed by atoms with Gasteiger partial charge in [-0.15, -0.1) is 0 Å². The maximum atomic E-state index is 12.8. The topological polar surface area (TPSA) is 99.8 Å². The predicted octanol–water partition coefficient (Wildman–Crippen LogP) is 5.05. The van der Waals surface area contributed by atoms with Crippen LogP contribution in [0.3, 0.4) is 0 Å². The highest BCUT2D eigenvalue weighted by Crippen LogP contribution is 2.27. The van der Waals surface area contributed by atoms with Gasteiger partial charge in [0.1, 0.15) is 0 Å². The average Bonchev–Trinajstić information content (AvgIpc) is 3.37. The minimum absolute atomic E-state index is 0.322. The van der Waals surface area contributed by atoms with Gasteiger partial charge in [-0.3, -0.25) is 0 Å². The Morgan fingerprint density at radius 3 is 2.44 bits per heavy atom. The first kappa shape index (κ1) is 22.6. The average molecular weight is 494 g/mol. The molecule has 0 saturated carbocycles. The second kappa shape index (κ2) is 9.58. The van der Waals surface area contributed by atoms with Crippen LogP contribution >= 0.6 is 11.6 Å². The third kappa shape index (κ3) is 4.70. The van der Waals surface area contributed by atoms with Gasteiger partial charge in [-0.25, -0.2) is 18.4 Å². The molecule has 174 valence electrons. The van der Waals surface area contributed by atoms with Crippen molar-refractivity contribution in [1.29, 1.82) is 0 Å². The van der Waals surface area contributed by atoms with Gasteiger partial charge in [-0.1, -0.05) is 29.8 Å². The Kier molecular flexibility index (Phi) is 6.36. The standard InChI is InChI=1S/C25H24ClN5O2S/c26-23-8-3-18(22-11-14-28-24(22)23)2-1-17-15-29-25(30-16-17)31-19-4-6-20(7-5-19)34(32,33)21-9-12-27-13-10-21/h1-8,11,14-16,21,27-28H,9-10,12-13H2,(H,29,30,31). The van der Waals surface area contributed by atoms with E-state index in [9.17, 15) is 8.42 Å². The molecule has 0 unspecified atom stereocenters. The molecule has 2 aromatic carbocycles. The molecule has 9 heteroatoms. The number of piperidine rings is 1. The third-order valence-electron chi connectivity index (χ3n) is 6.00. The molecule has 0 aliphatic carbocycles. The Hall–Kier alpha value is -3.20. The summed E-state index contributed by atoms with van der Waals surface area (Å²) in [5.41, 5.74) is 3.53. The number of nitrogens with one attached hydrogen (secondary N) is 3. The Morgan fingerprint density at radius 2 is 1.71 bits per heavy atom. The number of rotatable bonds is 6. The van der Waals surface area contributed by atoms with Crippen molar-refractivity contribution in [3.05, 3.63) is 77.2 Å². The van der Waals surface area contributed by atoms with Crippen molar-refractivity contribution >= 4 is 56.1 Å². The van der Waals surface area contributed by atoms with E-state index >= 15 is 0 Å². The fourth-order valence-electron chi connectivity index (χ4n) is 4.12. The first-order chi connectivity index (χ1) is 16.5. The number of hydrogen-bond donors (Lipinski definition) is 3. The fourth-order valence-corrected chi connectivity index (χ4v) is 6.09. The van der Waals surface area contributed by atoms with Crippen LogP contribution in [0.25, 0.3) is 23.1 Å². The van der Waals surface area contributed by atoms with Crippen molar-refractivity contribution in [2.75, 3.05) is 18.4 Å². The van der Waals surface area contributed by atoms with Crippen LogP contribution in [0.2, 0.25) is 5.02 Å². The van der Waals surface area contributed by atoms with Crippen LogP contribution in [0.1, 0.15) is 24.0 Å². The largest absolute Gasteiger partial charge is 0.360 e. The molecular weight excluding hydrogens is 470 g/mol. The van der Waals surface area contributed by atoms with E-state index in [1.807, 2.05) is 36.5 Å². The molecule has 3 heterocycles. The Bertz CT molecular complexity index is 1420. The minimum atomic E-state index is -3.31. The lowest BCUT2D eigenvalue weighted by atomic mass is 10.1. The number of hydrogen-bond acceptors (Lipinski definition) is 6. The van der Waals surface area contributed by atoms with Crippen molar-refractivity contribution in [2.24, 2.45) is 0 Å². The molecule has 0 radical (unpaired) electrons. The van der Waals surface area contributed by atoms with Gasteiger partial charge < -0.3 is 15.6 Å². The first-order valence-corrected chi connectivity index (χ1v) is 13.0. The molecule has 1 fully saturated rings. The summed E-state index contributed by atoms with van der Waals surface area (Å²) in [6.45, 7) is 1.48. The lowest BCUT2D eigenvalue weighted by Crippen LogP contribution is -2.35. The Morgan fingerprint density at radius 1 is 0.971 bits per heavy atom. The second-order valence-corrected chi connectivity index (χ2v) is 10.9. The quantitative estimate of drug-likeness (QED) is 0.347. The summed E-state index contributed by atoms with van der Waals surface area (Å²) in [5.74, 6) is 0.436. The molecule has 34 heavy (non-hydrogen) atoms. The number of anilines is 2. The lowest BCUT2D eigenvalue weighted by molar-refractivity contribution is 0.496. The molecule has 5 rings (SSSR count). The van der Waals surface area contributed by atoms with Crippen LogP contribution in [-0.4, -0.2) is 41.7 Å². The van der Waals surface area contributed by atoms with E-state index < -0.39 is 9.84 Å². The van der Waals surface area contributed by atoms with E-state index in [4.69, 9.17) is 11.6 Å². The summed E-state index contributed by atoms with van der Waals surface area (Å²) in [6, 6.07) is 12.6. The molecule has 3 N–H and O–H groups in total. The first-order valence-electron chi connectivity index (χ1n) is 11.1. The van der Waals surface area contributed by atoms with E-state index in [0.717, 1.165) is 40.8 Å². The molecule has 0 bridgehead atoms. The van der Waals surface area contributed by atoms with Gasteiger partial charge in [0.2, 0.25) is 5.95 Å². The molecule has 0 spiro atoms. The lowest BCUT2D eigenvalue weighted by Gasteiger charge is -2.22. The summed E-state index contributed by atoms with van der Waals surface area (Å²) in [6.07, 6.45) is 10.6. The maximum absolute atomic E-state index is 12.8. The van der Waals surface area contributed by atoms with Crippen molar-refractivity contribution < 1.29 is 8.42 Å². The Balaban J connectivity index is 1.26. The smallest absolute Gasteiger partial charge is 0.227 e. The van der Waals surface area contributed by atoms with Crippen LogP contribution in [0, 0.1) is 0 Å². The van der Waals surface area contributed by atoms with E-state index in [2.05, 4.69) is 25.6 Å². The highest BCUT2D eigenvalue weighted by molar-refractivity contribution is 7.92. The third-order valence-corrected chi connectivity index (χ3v) is 8.59. The van der Waals surface area contributed by atoms with Gasteiger partial charge in [-0.2, -0.15) is 0 Å². The van der Waals surface area contributed by atoms with E-state index in [0.29, 0.717) is 28.7 Å². The predicted molar refractivity (Wildman–Crippen MR) is 137 cm³/mol. The minimum Gasteiger partial charge on any atom is -0.360 e. The molecule has 1 saturated heterocycles. The molecule has 1 aliphatic rings. The zero-order valence-electron chi connectivity index (χ0n) is 18.3. The van der Waals surface area contributed by atoms with E-state index in [1.165, 1.54) is 0 Å². The number of sulfone groups is 1. The van der Waals surface area contributed by atoms with Gasteiger partial charge in [0.25, 0.3) is 0 Å². The zero-order chi connectivity index (χ0) is 23.5. The maximum Gasteiger partial charge on any atom is 0.227 e. The fraction of sp³-hybridized carbons (Fsp3) is 0.200. The summed E-state index contributed by atoms with van der Waals surface area (Å²) >= 11 is 6.22. The van der Waals surface area contributed by atoms with E-state index in [-0.39, 0.29) is 5.25 Å². The van der Waals surface area contributed by atoms with Gasteiger partial charge in [0, 0.05) is 35.2 Å². The SMILES string of the molecule is O=S(=O)(c1ccc(Nc2ncc(C=Cc3ccc(Cl)c4[nH]ccc34)cn2)cc1)C1CCNCC1. The summed E-state index contributed by atoms with van der Waals surface area (Å²) in [7, 11) is -3.31. The molecule has 1 aliphatic heterocycles. The number of aromatic nitrogens is 3.